The van der Waals surface area contributed by atoms with E-state index in [0.29, 0.717) is 17.1 Å². The first-order valence-corrected chi connectivity index (χ1v) is 8.27. The van der Waals surface area contributed by atoms with Crippen LogP contribution in [0.1, 0.15) is 36.7 Å². The largest absolute Gasteiger partial charge is 0.496 e. The molecule has 2 N–H and O–H groups in total. The van der Waals surface area contributed by atoms with Crippen molar-refractivity contribution < 1.29 is 19.1 Å². The van der Waals surface area contributed by atoms with Crippen LogP contribution in [0.2, 0.25) is 0 Å². The van der Waals surface area contributed by atoms with Gasteiger partial charge in [0.1, 0.15) is 11.5 Å². The van der Waals surface area contributed by atoms with Crippen LogP contribution in [0.3, 0.4) is 0 Å². The molecule has 6 heteroatoms. The minimum absolute atomic E-state index is 0.0542. The van der Waals surface area contributed by atoms with Crippen molar-refractivity contribution in [1.29, 1.82) is 0 Å². The van der Waals surface area contributed by atoms with Crippen molar-refractivity contribution in [3.05, 3.63) is 59.7 Å². The van der Waals surface area contributed by atoms with Gasteiger partial charge in [-0.05, 0) is 35.2 Å². The highest BCUT2D eigenvalue weighted by Gasteiger charge is 2.14. The third-order valence-electron chi connectivity index (χ3n) is 3.76. The summed E-state index contributed by atoms with van der Waals surface area (Å²) < 4.78 is 10.5. The molecule has 0 spiro atoms. The van der Waals surface area contributed by atoms with Gasteiger partial charge in [-0.2, -0.15) is 0 Å². The first-order valence-electron chi connectivity index (χ1n) is 8.27. The molecule has 26 heavy (non-hydrogen) atoms. The Morgan fingerprint density at radius 3 is 2.23 bits per heavy atom. The molecule has 138 valence electrons. The van der Waals surface area contributed by atoms with Gasteiger partial charge in [-0.1, -0.05) is 45.0 Å². The monoisotopic (exact) mass is 356 g/mol. The molecule has 0 atom stereocenters. The molecule has 0 bridgehead atoms. The molecule has 0 radical (unpaired) electrons. The van der Waals surface area contributed by atoms with Gasteiger partial charge in [-0.25, -0.2) is 0 Å². The van der Waals surface area contributed by atoms with Crippen LogP contribution in [0.15, 0.2) is 48.5 Å². The van der Waals surface area contributed by atoms with E-state index in [-0.39, 0.29) is 12.0 Å². The second-order valence-corrected chi connectivity index (χ2v) is 6.77. The number of ether oxygens (including phenoxy) is 2. The van der Waals surface area contributed by atoms with Crippen molar-refractivity contribution in [3.8, 4) is 11.5 Å². The normalized spacial score (nSPS) is 10.8. The lowest BCUT2D eigenvalue weighted by Gasteiger charge is -2.19. The second-order valence-electron chi connectivity index (χ2n) is 6.77. The molecule has 0 aliphatic rings. The molecule has 2 rings (SSSR count). The lowest BCUT2D eigenvalue weighted by molar-refractivity contribution is -0.123. The summed E-state index contributed by atoms with van der Waals surface area (Å²) in [5, 5.41) is 0. The van der Waals surface area contributed by atoms with Crippen LogP contribution in [0.4, 0.5) is 0 Å². The molecule has 0 fully saturated rings. The highest BCUT2D eigenvalue weighted by atomic mass is 16.5. The van der Waals surface area contributed by atoms with E-state index >= 15 is 0 Å². The van der Waals surface area contributed by atoms with Crippen molar-refractivity contribution >= 4 is 11.8 Å². The van der Waals surface area contributed by atoms with Crippen molar-refractivity contribution in [3.63, 3.8) is 0 Å². The van der Waals surface area contributed by atoms with Crippen LogP contribution >= 0.6 is 0 Å². The molecule has 0 saturated heterocycles. The third-order valence-corrected chi connectivity index (χ3v) is 3.76. The topological polar surface area (TPSA) is 76.7 Å². The molecule has 0 aromatic heterocycles. The smallest absolute Gasteiger partial charge is 0.276 e. The lowest BCUT2D eigenvalue weighted by Crippen LogP contribution is -2.43. The van der Waals surface area contributed by atoms with Crippen LogP contribution < -0.4 is 20.3 Å². The van der Waals surface area contributed by atoms with Crippen LogP contribution in [0.5, 0.6) is 11.5 Å². The molecule has 2 aromatic rings. The fourth-order valence-electron chi connectivity index (χ4n) is 2.26. The fraction of sp³-hybridized carbons (Fsp3) is 0.300. The van der Waals surface area contributed by atoms with Crippen molar-refractivity contribution in [2.75, 3.05) is 13.7 Å². The standard InChI is InChI=1S/C20H24N2O4/c1-20(2,3)14-9-11-15(12-10-14)26-13-18(23)21-22-19(24)16-7-5-6-8-17(16)25-4/h5-12H,13H2,1-4H3,(H,21,23)(H,22,24). The van der Waals surface area contributed by atoms with E-state index in [1.165, 1.54) is 12.7 Å². The van der Waals surface area contributed by atoms with Gasteiger partial charge in [0.25, 0.3) is 11.8 Å². The Bertz CT molecular complexity index is 764. The summed E-state index contributed by atoms with van der Waals surface area (Å²) in [7, 11) is 1.48. The third kappa shape index (κ3) is 5.24. The fourth-order valence-corrected chi connectivity index (χ4v) is 2.26. The summed E-state index contributed by atoms with van der Waals surface area (Å²) in [5.41, 5.74) is 6.22. The number of hydrogen-bond acceptors (Lipinski definition) is 4. The first-order chi connectivity index (χ1) is 12.3. The Morgan fingerprint density at radius 1 is 0.962 bits per heavy atom. The van der Waals surface area contributed by atoms with E-state index in [4.69, 9.17) is 9.47 Å². The maximum Gasteiger partial charge on any atom is 0.276 e. The highest BCUT2D eigenvalue weighted by molar-refractivity contribution is 5.97. The number of amides is 2. The number of benzene rings is 2. The zero-order valence-corrected chi connectivity index (χ0v) is 15.5. The number of para-hydroxylation sites is 1. The molecule has 2 aromatic carbocycles. The van der Waals surface area contributed by atoms with Crippen molar-refractivity contribution in [2.24, 2.45) is 0 Å². The minimum Gasteiger partial charge on any atom is -0.496 e. The van der Waals surface area contributed by atoms with E-state index in [0.717, 1.165) is 0 Å². The number of methoxy groups -OCH3 is 1. The summed E-state index contributed by atoms with van der Waals surface area (Å²) in [6, 6.07) is 14.3. The van der Waals surface area contributed by atoms with Gasteiger partial charge in [0.2, 0.25) is 0 Å². The highest BCUT2D eigenvalue weighted by Crippen LogP contribution is 2.24. The van der Waals surface area contributed by atoms with Crippen LogP contribution in [-0.4, -0.2) is 25.5 Å². The Kier molecular flexibility index (Phi) is 6.22. The lowest BCUT2D eigenvalue weighted by atomic mass is 9.87. The Balaban J connectivity index is 1.83. The Labute approximate surface area is 153 Å². The van der Waals surface area contributed by atoms with E-state index in [9.17, 15) is 9.59 Å². The predicted octanol–water partition coefficient (Wildman–Crippen LogP) is 2.83. The zero-order chi connectivity index (χ0) is 19.2. The Hall–Kier alpha value is -3.02. The molecule has 0 aliphatic carbocycles. The van der Waals surface area contributed by atoms with E-state index < -0.39 is 11.8 Å². The molecule has 0 aliphatic heterocycles. The van der Waals surface area contributed by atoms with E-state index in [1.807, 2.05) is 24.3 Å². The number of carbonyl (C=O) groups is 2. The van der Waals surface area contributed by atoms with Gasteiger partial charge >= 0.3 is 0 Å². The van der Waals surface area contributed by atoms with Gasteiger partial charge < -0.3 is 9.47 Å². The van der Waals surface area contributed by atoms with Crippen LogP contribution in [0, 0.1) is 0 Å². The molecular weight excluding hydrogens is 332 g/mol. The molecule has 0 unspecified atom stereocenters. The summed E-state index contributed by atoms with van der Waals surface area (Å²) in [5.74, 6) is 0.0807. The van der Waals surface area contributed by atoms with Crippen LogP contribution in [-0.2, 0) is 10.2 Å². The minimum atomic E-state index is -0.467. The van der Waals surface area contributed by atoms with E-state index in [2.05, 4.69) is 31.6 Å². The Morgan fingerprint density at radius 2 is 1.62 bits per heavy atom. The number of nitrogens with one attached hydrogen (secondary N) is 2. The van der Waals surface area contributed by atoms with Crippen molar-refractivity contribution in [1.82, 2.24) is 10.9 Å². The number of hydrogen-bond donors (Lipinski definition) is 2. The summed E-state index contributed by atoms with van der Waals surface area (Å²) in [6.07, 6.45) is 0. The predicted molar refractivity (Wildman–Crippen MR) is 99.2 cm³/mol. The molecule has 0 saturated carbocycles. The van der Waals surface area contributed by atoms with Crippen LogP contribution in [0.25, 0.3) is 0 Å². The second kappa shape index (κ2) is 8.38. The van der Waals surface area contributed by atoms with Gasteiger partial charge in [0.15, 0.2) is 6.61 Å². The van der Waals surface area contributed by atoms with Gasteiger partial charge in [0.05, 0.1) is 12.7 Å². The van der Waals surface area contributed by atoms with E-state index in [1.54, 1.807) is 24.3 Å². The molecule has 0 heterocycles. The average molecular weight is 356 g/mol. The van der Waals surface area contributed by atoms with Crippen molar-refractivity contribution in [2.45, 2.75) is 26.2 Å². The summed E-state index contributed by atoms with van der Waals surface area (Å²) in [6.45, 7) is 6.17. The average Bonchev–Trinajstić information content (AvgIpc) is 2.64. The quantitative estimate of drug-likeness (QED) is 0.808. The van der Waals surface area contributed by atoms with Gasteiger partial charge in [-0.3, -0.25) is 20.4 Å². The zero-order valence-electron chi connectivity index (χ0n) is 15.5. The molecule has 6 nitrogen and oxygen atoms in total. The van der Waals surface area contributed by atoms with Gasteiger partial charge in [-0.15, -0.1) is 0 Å². The number of rotatable bonds is 5. The number of hydrazine groups is 1. The molecular formula is C20H24N2O4. The van der Waals surface area contributed by atoms with Gasteiger partial charge in [0, 0.05) is 0 Å². The number of carbonyl (C=O) groups excluding carboxylic acids is 2. The summed E-state index contributed by atoms with van der Waals surface area (Å²) in [4.78, 5) is 23.9. The molecule has 2 amide bonds. The maximum absolute atomic E-state index is 12.1. The first kappa shape index (κ1) is 19.3. The summed E-state index contributed by atoms with van der Waals surface area (Å²) >= 11 is 0. The maximum atomic E-state index is 12.1. The SMILES string of the molecule is COc1ccccc1C(=O)NNC(=O)COc1ccc(C(C)(C)C)cc1.